The van der Waals surface area contributed by atoms with Gasteiger partial charge in [0.2, 0.25) is 27.7 Å². The minimum Gasteiger partial charge on any atom is -0.341 e. The fourth-order valence-electron chi connectivity index (χ4n) is 6.86. The van der Waals surface area contributed by atoms with Gasteiger partial charge in [-0.05, 0) is 63.2 Å². The van der Waals surface area contributed by atoms with E-state index in [0.717, 1.165) is 70.0 Å². The molecule has 1 aliphatic carbocycles. The molecular formula is C29H42ClN5O5S2. The molecule has 13 heteroatoms. The molecule has 3 amide bonds. The predicted octanol–water partition coefficient (Wildman–Crippen LogP) is 3.00. The van der Waals surface area contributed by atoms with Crippen molar-refractivity contribution in [2.75, 3.05) is 46.3 Å². The summed E-state index contributed by atoms with van der Waals surface area (Å²) >= 11 is 7.17. The third-order valence-electron chi connectivity index (χ3n) is 9.18. The Balaban J connectivity index is 1.11. The number of sulfonamides is 1. The number of carbonyl (C=O) groups is 3. The standard InChI is InChI=1S/C29H42ClN5O5S2/c1-32(28(37)21-6-2-3-7-21)22-12-16-33(18-22)19-23-8-4-15-35(23)27(36)20-34-14-5-9-25(29(34)38)31-42(39,40)17-13-24-10-11-26(30)41-24/h10-11,13,17,21-23,25,31H,2-9,12,14-16,18-20H2,1H3/t22?,23-,25-/m0/s1. The second kappa shape index (κ2) is 13.8. The molecule has 4 fully saturated rings. The molecule has 42 heavy (non-hydrogen) atoms. The highest BCUT2D eigenvalue weighted by molar-refractivity contribution is 7.92. The molecule has 3 aliphatic heterocycles. The van der Waals surface area contributed by atoms with Gasteiger partial charge in [-0.2, -0.15) is 4.72 Å². The molecule has 1 N–H and O–H groups in total. The number of likely N-dealkylation sites (tertiary alicyclic amines) is 3. The molecule has 1 aromatic rings. The summed E-state index contributed by atoms with van der Waals surface area (Å²) in [7, 11) is -1.91. The van der Waals surface area contributed by atoms with Crippen LogP contribution in [-0.2, 0) is 24.4 Å². The summed E-state index contributed by atoms with van der Waals surface area (Å²) < 4.78 is 28.3. The Bertz CT molecular complexity index is 1280. The Kier molecular flexibility index (Phi) is 10.3. The first-order valence-electron chi connectivity index (χ1n) is 15.1. The fraction of sp³-hybridized carbons (Fsp3) is 0.690. The Morgan fingerprint density at radius 1 is 1.07 bits per heavy atom. The lowest BCUT2D eigenvalue weighted by atomic mass is 10.1. The molecule has 0 aromatic carbocycles. The smallest absolute Gasteiger partial charge is 0.242 e. The summed E-state index contributed by atoms with van der Waals surface area (Å²) in [5.41, 5.74) is 0. The maximum absolute atomic E-state index is 13.4. The fourth-order valence-corrected chi connectivity index (χ4v) is 8.93. The van der Waals surface area contributed by atoms with Crippen molar-refractivity contribution in [1.82, 2.24) is 24.3 Å². The van der Waals surface area contributed by atoms with E-state index in [9.17, 15) is 22.8 Å². The molecule has 0 radical (unpaired) electrons. The number of nitrogens with one attached hydrogen (secondary N) is 1. The van der Waals surface area contributed by atoms with E-state index in [0.29, 0.717) is 35.1 Å². The first-order chi connectivity index (χ1) is 20.1. The monoisotopic (exact) mass is 639 g/mol. The van der Waals surface area contributed by atoms with Crippen LogP contribution in [0.25, 0.3) is 6.08 Å². The van der Waals surface area contributed by atoms with Gasteiger partial charge < -0.3 is 14.7 Å². The van der Waals surface area contributed by atoms with Crippen LogP contribution in [0.3, 0.4) is 0 Å². The first kappa shape index (κ1) is 31.4. The van der Waals surface area contributed by atoms with Crippen LogP contribution in [0.4, 0.5) is 0 Å². The Morgan fingerprint density at radius 3 is 2.57 bits per heavy atom. The van der Waals surface area contributed by atoms with Gasteiger partial charge in [-0.25, -0.2) is 8.42 Å². The number of piperidine rings is 1. The minimum absolute atomic E-state index is 0.0433. The molecule has 0 spiro atoms. The Morgan fingerprint density at radius 2 is 1.83 bits per heavy atom. The van der Waals surface area contributed by atoms with Crippen LogP contribution in [0.1, 0.15) is 62.7 Å². The number of likely N-dealkylation sites (N-methyl/N-ethyl adjacent to an activating group) is 1. The Hall–Kier alpha value is -1.99. The zero-order valence-electron chi connectivity index (χ0n) is 24.2. The topological polar surface area (TPSA) is 110 Å². The van der Waals surface area contributed by atoms with Crippen LogP contribution in [0.5, 0.6) is 0 Å². The van der Waals surface area contributed by atoms with Crippen LogP contribution in [0.2, 0.25) is 4.34 Å². The second-order valence-corrected chi connectivity index (χ2v) is 15.4. The van der Waals surface area contributed by atoms with Gasteiger partial charge in [0.15, 0.2) is 0 Å². The van der Waals surface area contributed by atoms with Gasteiger partial charge in [0.1, 0.15) is 6.04 Å². The lowest BCUT2D eigenvalue weighted by molar-refractivity contribution is -0.143. The van der Waals surface area contributed by atoms with Crippen molar-refractivity contribution >= 4 is 56.8 Å². The zero-order chi connectivity index (χ0) is 29.9. The van der Waals surface area contributed by atoms with Crippen LogP contribution >= 0.6 is 22.9 Å². The van der Waals surface area contributed by atoms with Crippen molar-refractivity contribution in [2.24, 2.45) is 5.92 Å². The second-order valence-electron chi connectivity index (χ2n) is 12.1. The highest BCUT2D eigenvalue weighted by Crippen LogP contribution is 2.29. The highest BCUT2D eigenvalue weighted by atomic mass is 35.5. The van der Waals surface area contributed by atoms with Crippen LogP contribution < -0.4 is 4.72 Å². The maximum Gasteiger partial charge on any atom is 0.242 e. The van der Waals surface area contributed by atoms with Crippen molar-refractivity contribution in [3.05, 3.63) is 26.8 Å². The molecule has 1 unspecified atom stereocenters. The van der Waals surface area contributed by atoms with Crippen LogP contribution in [-0.4, -0.2) is 110 Å². The lowest BCUT2D eigenvalue weighted by Crippen LogP contribution is -2.55. The van der Waals surface area contributed by atoms with E-state index >= 15 is 0 Å². The summed E-state index contributed by atoms with van der Waals surface area (Å²) in [5, 5.41) is 1.05. The molecule has 4 heterocycles. The van der Waals surface area contributed by atoms with Gasteiger partial charge in [-0.3, -0.25) is 19.3 Å². The normalized spacial score (nSPS) is 26.1. The average Bonchev–Trinajstić information content (AvgIpc) is 3.77. The van der Waals surface area contributed by atoms with E-state index in [1.54, 1.807) is 12.1 Å². The summed E-state index contributed by atoms with van der Waals surface area (Å²) in [6.45, 7) is 3.56. The number of hydrogen-bond donors (Lipinski definition) is 1. The van der Waals surface area contributed by atoms with Gasteiger partial charge in [-0.1, -0.05) is 24.4 Å². The number of rotatable bonds is 10. The highest BCUT2D eigenvalue weighted by Gasteiger charge is 2.38. The van der Waals surface area contributed by atoms with Gasteiger partial charge >= 0.3 is 0 Å². The first-order valence-corrected chi connectivity index (χ1v) is 17.9. The largest absolute Gasteiger partial charge is 0.341 e. The quantitative estimate of drug-likeness (QED) is 0.422. The molecule has 10 nitrogen and oxygen atoms in total. The number of hydrogen-bond acceptors (Lipinski definition) is 7. The third-order valence-corrected chi connectivity index (χ3v) is 11.5. The van der Waals surface area contributed by atoms with E-state index in [1.165, 1.54) is 22.3 Å². The lowest BCUT2D eigenvalue weighted by Gasteiger charge is -2.35. The van der Waals surface area contributed by atoms with E-state index in [4.69, 9.17) is 11.6 Å². The summed E-state index contributed by atoms with van der Waals surface area (Å²) in [4.78, 5) is 47.9. The number of amides is 3. The molecule has 5 rings (SSSR count). The summed E-state index contributed by atoms with van der Waals surface area (Å²) in [5.74, 6) is 0.0147. The minimum atomic E-state index is -3.85. The summed E-state index contributed by atoms with van der Waals surface area (Å²) in [6, 6.07) is 2.82. The van der Waals surface area contributed by atoms with Gasteiger partial charge in [0.25, 0.3) is 0 Å². The van der Waals surface area contributed by atoms with Gasteiger partial charge in [0.05, 0.1) is 10.9 Å². The molecule has 4 aliphatic rings. The zero-order valence-corrected chi connectivity index (χ0v) is 26.6. The molecular weight excluding hydrogens is 598 g/mol. The van der Waals surface area contributed by atoms with E-state index in [-0.39, 0.29) is 42.3 Å². The van der Waals surface area contributed by atoms with Gasteiger partial charge in [-0.15, -0.1) is 11.3 Å². The van der Waals surface area contributed by atoms with Crippen molar-refractivity contribution in [2.45, 2.75) is 75.9 Å². The number of thiophene rings is 1. The van der Waals surface area contributed by atoms with Crippen LogP contribution in [0, 0.1) is 5.92 Å². The Labute approximate surface area is 258 Å². The molecule has 1 saturated carbocycles. The van der Waals surface area contributed by atoms with E-state index < -0.39 is 16.1 Å². The molecule has 1 aromatic heterocycles. The maximum atomic E-state index is 13.4. The van der Waals surface area contributed by atoms with Crippen molar-refractivity contribution in [3.63, 3.8) is 0 Å². The van der Waals surface area contributed by atoms with Crippen LogP contribution in [0.15, 0.2) is 17.5 Å². The van der Waals surface area contributed by atoms with Crippen molar-refractivity contribution in [1.29, 1.82) is 0 Å². The molecule has 3 saturated heterocycles. The van der Waals surface area contributed by atoms with E-state index in [2.05, 4.69) is 9.62 Å². The molecule has 232 valence electrons. The predicted molar refractivity (Wildman–Crippen MR) is 164 cm³/mol. The number of nitrogens with zero attached hydrogens (tertiary/aromatic N) is 4. The third kappa shape index (κ3) is 7.74. The molecule has 3 atom stereocenters. The van der Waals surface area contributed by atoms with Crippen molar-refractivity contribution < 1.29 is 22.8 Å². The number of carbonyl (C=O) groups excluding carboxylic acids is 3. The summed E-state index contributed by atoms with van der Waals surface area (Å²) in [6.07, 6.45) is 9.56. The van der Waals surface area contributed by atoms with E-state index in [1.807, 2.05) is 16.8 Å². The number of halogens is 1. The molecule has 0 bridgehead atoms. The average molecular weight is 640 g/mol. The van der Waals surface area contributed by atoms with Crippen molar-refractivity contribution in [3.8, 4) is 0 Å². The SMILES string of the molecule is CN(C(=O)C1CCCC1)C1CCN(C[C@@H]2CCCN2C(=O)CN2CCC[C@H](NS(=O)(=O)C=Cc3ccc(Cl)s3)C2=O)C1. The van der Waals surface area contributed by atoms with Gasteiger partial charge in [0, 0.05) is 68.1 Å².